The van der Waals surface area contributed by atoms with Gasteiger partial charge < -0.3 is 42.4 Å². The second kappa shape index (κ2) is 13.3. The molecule has 0 aliphatic carbocycles. The van der Waals surface area contributed by atoms with Gasteiger partial charge in [0.05, 0.1) is 22.6 Å². The number of nitrogens with zero attached hydrogens (tertiary/aromatic N) is 5. The van der Waals surface area contributed by atoms with Gasteiger partial charge in [-0.1, -0.05) is 33.1 Å². The number of fused-ring (bicyclic) bond motifs is 1. The number of carboxylic acids is 2. The van der Waals surface area contributed by atoms with Gasteiger partial charge in [-0.2, -0.15) is 4.57 Å². The van der Waals surface area contributed by atoms with E-state index in [1.807, 2.05) is 0 Å². The fourth-order valence-corrected chi connectivity index (χ4v) is 7.72. The number of nitrogens with one attached hydrogen (secondary N) is 1. The molecule has 1 aromatic carbocycles. The summed E-state index contributed by atoms with van der Waals surface area (Å²) in [5, 5.41) is 28.2. The van der Waals surface area contributed by atoms with Crippen molar-refractivity contribution < 1.29 is 38.8 Å². The van der Waals surface area contributed by atoms with E-state index in [0.717, 1.165) is 28.0 Å². The quantitative estimate of drug-likeness (QED) is 0.0437. The number of β-lactam (4-membered cyclic amide) rings is 1. The van der Waals surface area contributed by atoms with Crippen molar-refractivity contribution in [1.82, 2.24) is 20.2 Å². The van der Waals surface area contributed by atoms with E-state index in [1.165, 1.54) is 37.9 Å². The van der Waals surface area contributed by atoms with Crippen LogP contribution in [0.4, 0.5) is 16.8 Å². The summed E-state index contributed by atoms with van der Waals surface area (Å²) in [7, 11) is 0. The first-order valence-corrected chi connectivity index (χ1v) is 16.7. The SMILES string of the molecule is CC(C)(O/N=C(\C(=O)NC1C(=O)N2C(C(=O)[O-])=C(CSc3nc(N)cc(N)[n+]3-c3ccc(Cl)cc3)CSC12)c1cnc(N)s1)C(=O)O. The molecule has 0 spiro atoms. The van der Waals surface area contributed by atoms with Gasteiger partial charge in [-0.3, -0.25) is 14.5 Å². The van der Waals surface area contributed by atoms with Crippen LogP contribution in [0.3, 0.4) is 0 Å². The molecule has 2 amide bonds. The number of carboxylic acid groups (broad SMARTS) is 2. The molecule has 246 valence electrons. The molecule has 0 saturated carbocycles. The van der Waals surface area contributed by atoms with Gasteiger partial charge in [0.1, 0.15) is 17.1 Å². The van der Waals surface area contributed by atoms with E-state index >= 15 is 0 Å². The summed E-state index contributed by atoms with van der Waals surface area (Å²) in [6.45, 7) is 2.47. The van der Waals surface area contributed by atoms with Crippen molar-refractivity contribution in [3.05, 3.63) is 57.7 Å². The van der Waals surface area contributed by atoms with Crippen molar-refractivity contribution in [2.75, 3.05) is 28.7 Å². The molecule has 1 saturated heterocycles. The topological polar surface area (TPSA) is 256 Å². The van der Waals surface area contributed by atoms with Gasteiger partial charge in [0, 0.05) is 22.7 Å². The number of hydrogen-bond acceptors (Lipinski definition) is 15. The Hall–Kier alpha value is -4.59. The van der Waals surface area contributed by atoms with Crippen LogP contribution in [-0.4, -0.2) is 78.0 Å². The number of carbonyl (C=O) groups excluding carboxylic acids is 3. The number of benzene rings is 1. The molecule has 0 bridgehead atoms. The number of nitrogens with two attached hydrogens (primary N) is 3. The van der Waals surface area contributed by atoms with E-state index in [9.17, 15) is 29.4 Å². The molecule has 47 heavy (non-hydrogen) atoms. The zero-order chi connectivity index (χ0) is 34.2. The average molecular weight is 720 g/mol. The van der Waals surface area contributed by atoms with Gasteiger partial charge in [-0.05, 0) is 55.4 Å². The molecule has 0 radical (unpaired) electrons. The minimum Gasteiger partial charge on any atom is -0.543 e. The average Bonchev–Trinajstić information content (AvgIpc) is 3.44. The highest BCUT2D eigenvalue weighted by Crippen LogP contribution is 2.41. The Morgan fingerprint density at radius 1 is 1.28 bits per heavy atom. The van der Waals surface area contributed by atoms with Gasteiger partial charge in [0.2, 0.25) is 17.2 Å². The highest BCUT2D eigenvalue weighted by Gasteiger charge is 2.53. The van der Waals surface area contributed by atoms with Crippen LogP contribution in [0.5, 0.6) is 0 Å². The van der Waals surface area contributed by atoms with Crippen LogP contribution in [0, 0.1) is 0 Å². The molecule has 20 heteroatoms. The number of carbonyl (C=O) groups is 4. The Labute approximate surface area is 284 Å². The number of thioether (sulfide) groups is 2. The van der Waals surface area contributed by atoms with Gasteiger partial charge in [0.25, 0.3) is 11.8 Å². The highest BCUT2D eigenvalue weighted by atomic mass is 35.5. The Balaban J connectivity index is 1.36. The van der Waals surface area contributed by atoms with Crippen LogP contribution in [-0.2, 0) is 24.0 Å². The number of oxime groups is 1. The Bertz CT molecular complexity index is 1850. The molecule has 2 aromatic heterocycles. The fraction of sp³-hybridized carbons (Fsp3) is 0.259. The lowest BCUT2D eigenvalue weighted by molar-refractivity contribution is -0.626. The monoisotopic (exact) mass is 719 g/mol. The number of anilines is 3. The second-order valence-electron chi connectivity index (χ2n) is 10.5. The van der Waals surface area contributed by atoms with E-state index in [2.05, 4.69) is 20.4 Å². The normalized spacial score (nSPS) is 18.0. The zero-order valence-electron chi connectivity index (χ0n) is 24.5. The lowest BCUT2D eigenvalue weighted by atomic mass is 10.0. The third-order valence-corrected chi connectivity index (χ3v) is 10.3. The molecule has 2 aliphatic heterocycles. The summed E-state index contributed by atoms with van der Waals surface area (Å²) in [6, 6.07) is 7.18. The van der Waals surface area contributed by atoms with Crippen molar-refractivity contribution in [1.29, 1.82) is 0 Å². The van der Waals surface area contributed by atoms with E-state index in [1.54, 1.807) is 28.8 Å². The lowest BCUT2D eigenvalue weighted by Gasteiger charge is -2.50. The number of thiazole rings is 1. The first kappa shape index (κ1) is 33.8. The summed E-state index contributed by atoms with van der Waals surface area (Å²) in [5.41, 5.74) is 16.5. The maximum absolute atomic E-state index is 13.3. The predicted molar refractivity (Wildman–Crippen MR) is 173 cm³/mol. The molecule has 2 unspecified atom stereocenters. The smallest absolute Gasteiger partial charge is 0.350 e. The number of hydrogen-bond donors (Lipinski definition) is 5. The van der Waals surface area contributed by atoms with Crippen molar-refractivity contribution >= 4 is 92.7 Å². The summed E-state index contributed by atoms with van der Waals surface area (Å²) >= 11 is 9.31. The van der Waals surface area contributed by atoms with Crippen molar-refractivity contribution in [2.24, 2.45) is 5.16 Å². The van der Waals surface area contributed by atoms with Crippen LogP contribution >= 0.6 is 46.5 Å². The summed E-state index contributed by atoms with van der Waals surface area (Å²) in [5.74, 6) is -3.78. The molecule has 2 atom stereocenters. The number of halogens is 1. The predicted octanol–water partition coefficient (Wildman–Crippen LogP) is -0.00510. The maximum Gasteiger partial charge on any atom is 0.350 e. The minimum atomic E-state index is -1.78. The maximum atomic E-state index is 13.3. The molecular formula is C27H26ClN9O7S3. The van der Waals surface area contributed by atoms with Crippen molar-refractivity contribution in [3.63, 3.8) is 0 Å². The molecule has 8 N–H and O–H groups in total. The van der Waals surface area contributed by atoms with Gasteiger partial charge in [-0.15, -0.1) is 11.8 Å². The van der Waals surface area contributed by atoms with E-state index < -0.39 is 40.8 Å². The lowest BCUT2D eigenvalue weighted by Crippen LogP contribution is -2.71. The van der Waals surface area contributed by atoms with Gasteiger partial charge in [0.15, 0.2) is 10.8 Å². The largest absolute Gasteiger partial charge is 0.543 e. The standard InChI is InChI=1S/C27H26ClN9O7S3/c1-27(2,24(42)43)44-35-17(14-8-32-25(31)47-14)20(38)34-18-21(39)37-19(23(40)41)11(9-45-22(18)37)10-46-26-33-15(29)7-16(30)36(26)13-5-3-12(28)4-6-13/h3-8,18,22H,9-10H2,1-2H3,(H8,29,30,31,32,34,35,38,40,41,42,43). The minimum absolute atomic E-state index is 0.0909. The van der Waals surface area contributed by atoms with Crippen molar-refractivity contribution in [3.8, 4) is 5.69 Å². The summed E-state index contributed by atoms with van der Waals surface area (Å²) in [6.07, 6.45) is 1.25. The third-order valence-electron chi connectivity index (χ3n) is 6.81. The molecular weight excluding hydrogens is 694 g/mol. The Morgan fingerprint density at radius 2 is 1.98 bits per heavy atom. The van der Waals surface area contributed by atoms with Crippen LogP contribution in [0.1, 0.15) is 18.7 Å². The molecule has 3 aromatic rings. The van der Waals surface area contributed by atoms with Gasteiger partial charge in [-0.25, -0.2) is 9.78 Å². The Kier molecular flexibility index (Phi) is 9.53. The first-order valence-electron chi connectivity index (χ1n) is 13.4. The van der Waals surface area contributed by atoms with Crippen LogP contribution in [0.2, 0.25) is 5.02 Å². The fourth-order valence-electron chi connectivity index (χ4n) is 4.40. The van der Waals surface area contributed by atoms with Crippen LogP contribution in [0.15, 0.2) is 58.1 Å². The number of aromatic nitrogens is 3. The number of amides is 2. The van der Waals surface area contributed by atoms with Crippen molar-refractivity contribution in [2.45, 2.75) is 36.0 Å². The molecule has 5 rings (SSSR count). The Morgan fingerprint density at radius 3 is 2.60 bits per heavy atom. The van der Waals surface area contributed by atoms with E-state index in [-0.39, 0.29) is 44.6 Å². The molecule has 16 nitrogen and oxygen atoms in total. The molecule has 4 heterocycles. The number of nitrogen functional groups attached to an aromatic ring is 3. The van der Waals surface area contributed by atoms with Gasteiger partial charge >= 0.3 is 11.1 Å². The van der Waals surface area contributed by atoms with Crippen LogP contribution < -0.4 is 32.2 Å². The summed E-state index contributed by atoms with van der Waals surface area (Å²) in [4.78, 5) is 65.1. The molecule has 1 fully saturated rings. The highest BCUT2D eigenvalue weighted by molar-refractivity contribution is 8.01. The van der Waals surface area contributed by atoms with Crippen LogP contribution in [0.25, 0.3) is 5.69 Å². The second-order valence-corrected chi connectivity index (χ2v) is 14.0. The zero-order valence-corrected chi connectivity index (χ0v) is 27.7. The number of rotatable bonds is 11. The first-order chi connectivity index (χ1) is 22.2. The van der Waals surface area contributed by atoms with E-state index in [0.29, 0.717) is 21.4 Å². The third kappa shape index (κ3) is 6.92. The molecule has 2 aliphatic rings. The summed E-state index contributed by atoms with van der Waals surface area (Å²) < 4.78 is 1.63. The number of aliphatic carboxylic acids is 2. The van der Waals surface area contributed by atoms with E-state index in [4.69, 9.17) is 33.6 Å².